The molecule has 0 aliphatic carbocycles. The maximum atomic E-state index is 13.9. The molecule has 0 bridgehead atoms. The molecule has 3 aliphatic heterocycles. The van der Waals surface area contributed by atoms with Gasteiger partial charge in [-0.3, -0.25) is 9.48 Å². The van der Waals surface area contributed by atoms with Crippen molar-refractivity contribution in [3.63, 3.8) is 0 Å². The van der Waals surface area contributed by atoms with Crippen molar-refractivity contribution in [3.05, 3.63) is 47.3 Å². The second-order valence-electron chi connectivity index (χ2n) is 9.86. The predicted octanol–water partition coefficient (Wildman–Crippen LogP) is 2.26. The Bertz CT molecular complexity index is 1150. The second kappa shape index (κ2) is 9.00. The number of rotatable bonds is 4. The molecule has 1 amide bonds. The van der Waals surface area contributed by atoms with Crippen LogP contribution in [0.3, 0.4) is 0 Å². The van der Waals surface area contributed by atoms with E-state index in [-0.39, 0.29) is 23.5 Å². The van der Waals surface area contributed by atoms with Crippen molar-refractivity contribution < 1.29 is 17.9 Å². The summed E-state index contributed by atoms with van der Waals surface area (Å²) in [4.78, 5) is 18.2. The first-order valence-electron chi connectivity index (χ1n) is 12.2. The summed E-state index contributed by atoms with van der Waals surface area (Å²) < 4.78 is 31.5. The molecular formula is C25H34N4O4S. The molecule has 1 aromatic carbocycles. The van der Waals surface area contributed by atoms with E-state index in [1.165, 1.54) is 0 Å². The van der Waals surface area contributed by atoms with Crippen LogP contribution in [0, 0.1) is 13.8 Å². The molecule has 8 nitrogen and oxygen atoms in total. The molecule has 0 N–H and O–H groups in total. The smallest absolute Gasteiger partial charge is 0.233 e. The molecule has 4 heterocycles. The lowest BCUT2D eigenvalue weighted by atomic mass is 9.73. The van der Waals surface area contributed by atoms with Gasteiger partial charge in [0.1, 0.15) is 0 Å². The number of aryl methyl sites for hydroxylation is 1. The van der Waals surface area contributed by atoms with Crippen LogP contribution in [0.25, 0.3) is 0 Å². The Hall–Kier alpha value is -2.39. The summed E-state index contributed by atoms with van der Waals surface area (Å²) in [6.07, 6.45) is 2.05. The molecular weight excluding hydrogens is 452 g/mol. The lowest BCUT2D eigenvalue weighted by Gasteiger charge is -2.43. The van der Waals surface area contributed by atoms with Crippen LogP contribution in [-0.4, -0.2) is 79.9 Å². The number of sulfone groups is 1. The summed E-state index contributed by atoms with van der Waals surface area (Å²) in [7, 11) is -2.97. The van der Waals surface area contributed by atoms with Gasteiger partial charge in [-0.15, -0.1) is 0 Å². The average molecular weight is 487 g/mol. The van der Waals surface area contributed by atoms with Crippen molar-refractivity contribution in [1.29, 1.82) is 0 Å². The highest BCUT2D eigenvalue weighted by molar-refractivity contribution is 7.91. The molecule has 34 heavy (non-hydrogen) atoms. The van der Waals surface area contributed by atoms with E-state index in [9.17, 15) is 13.2 Å². The van der Waals surface area contributed by atoms with E-state index in [2.05, 4.69) is 17.0 Å². The first kappa shape index (κ1) is 23.4. The standard InChI is InChI=1S/C25H34N4O4S/c1-19-23(20(2)29(26-19)22-8-17-34(31,32)18-22)27-11-13-28(14-12-27)24(30)25(9-15-33-16-10-25)21-6-4-3-5-7-21/h3-7,22H,8-18H2,1-2H3. The zero-order valence-corrected chi connectivity index (χ0v) is 20.9. The van der Waals surface area contributed by atoms with Crippen molar-refractivity contribution in [2.75, 3.05) is 55.8 Å². The van der Waals surface area contributed by atoms with Crippen LogP contribution >= 0.6 is 0 Å². The fourth-order valence-corrected chi connectivity index (χ4v) is 7.67. The molecule has 0 saturated carbocycles. The Balaban J connectivity index is 1.32. The first-order valence-corrected chi connectivity index (χ1v) is 14.1. The summed E-state index contributed by atoms with van der Waals surface area (Å²) >= 11 is 0. The highest BCUT2D eigenvalue weighted by atomic mass is 32.2. The molecule has 3 aliphatic rings. The van der Waals surface area contributed by atoms with Gasteiger partial charge in [0.15, 0.2) is 9.84 Å². The lowest BCUT2D eigenvalue weighted by molar-refractivity contribution is -0.141. The number of amides is 1. The number of nitrogens with zero attached hydrogens (tertiary/aromatic N) is 4. The third kappa shape index (κ3) is 4.13. The number of ether oxygens (including phenoxy) is 1. The summed E-state index contributed by atoms with van der Waals surface area (Å²) in [5, 5.41) is 4.73. The van der Waals surface area contributed by atoms with E-state index >= 15 is 0 Å². The van der Waals surface area contributed by atoms with Gasteiger partial charge in [-0.25, -0.2) is 8.42 Å². The van der Waals surface area contributed by atoms with Crippen LogP contribution in [-0.2, 0) is 24.8 Å². The number of aromatic nitrogens is 2. The average Bonchev–Trinajstić information content (AvgIpc) is 3.37. The number of anilines is 1. The Kier molecular flexibility index (Phi) is 6.18. The van der Waals surface area contributed by atoms with Gasteiger partial charge in [-0.05, 0) is 38.7 Å². The number of hydrogen-bond donors (Lipinski definition) is 0. The molecule has 2 aromatic rings. The summed E-state index contributed by atoms with van der Waals surface area (Å²) in [5.41, 5.74) is 3.61. The zero-order chi connectivity index (χ0) is 23.9. The van der Waals surface area contributed by atoms with Crippen LogP contribution in [0.1, 0.15) is 42.3 Å². The van der Waals surface area contributed by atoms with Crippen molar-refractivity contribution in [3.8, 4) is 0 Å². The van der Waals surface area contributed by atoms with Crippen molar-refractivity contribution in [2.24, 2.45) is 0 Å². The van der Waals surface area contributed by atoms with E-state index in [4.69, 9.17) is 9.84 Å². The fourth-order valence-electron chi connectivity index (χ4n) is 5.97. The number of carbonyl (C=O) groups is 1. The van der Waals surface area contributed by atoms with Crippen LogP contribution in [0.2, 0.25) is 0 Å². The topological polar surface area (TPSA) is 84.7 Å². The van der Waals surface area contributed by atoms with E-state index in [1.807, 2.05) is 41.6 Å². The molecule has 184 valence electrons. The molecule has 1 aromatic heterocycles. The van der Waals surface area contributed by atoms with Crippen molar-refractivity contribution >= 4 is 21.4 Å². The van der Waals surface area contributed by atoms with Gasteiger partial charge in [-0.2, -0.15) is 5.10 Å². The molecule has 1 atom stereocenters. The Labute approximate surface area is 201 Å². The predicted molar refractivity (Wildman–Crippen MR) is 131 cm³/mol. The van der Waals surface area contributed by atoms with Gasteiger partial charge in [0.2, 0.25) is 5.91 Å². The van der Waals surface area contributed by atoms with E-state index < -0.39 is 15.3 Å². The Morgan fingerprint density at radius 1 is 1.06 bits per heavy atom. The van der Waals surface area contributed by atoms with Crippen LogP contribution < -0.4 is 4.90 Å². The minimum Gasteiger partial charge on any atom is -0.381 e. The number of carbonyl (C=O) groups excluding carboxylic acids is 1. The van der Waals surface area contributed by atoms with E-state index in [1.54, 1.807) is 0 Å². The maximum Gasteiger partial charge on any atom is 0.233 e. The summed E-state index contributed by atoms with van der Waals surface area (Å²) in [6, 6.07) is 10.1. The third-order valence-corrected chi connectivity index (χ3v) is 9.56. The molecule has 3 saturated heterocycles. The molecule has 0 radical (unpaired) electrons. The number of piperazine rings is 1. The van der Waals surface area contributed by atoms with Crippen LogP contribution in [0.5, 0.6) is 0 Å². The highest BCUT2D eigenvalue weighted by Crippen LogP contribution is 2.38. The first-order chi connectivity index (χ1) is 16.3. The van der Waals surface area contributed by atoms with Gasteiger partial charge < -0.3 is 14.5 Å². The van der Waals surface area contributed by atoms with Crippen LogP contribution in [0.15, 0.2) is 30.3 Å². The van der Waals surface area contributed by atoms with Gasteiger partial charge in [-0.1, -0.05) is 30.3 Å². The molecule has 3 fully saturated rings. The van der Waals surface area contributed by atoms with Crippen molar-refractivity contribution in [1.82, 2.24) is 14.7 Å². The van der Waals surface area contributed by atoms with Crippen molar-refractivity contribution in [2.45, 2.75) is 44.6 Å². The van der Waals surface area contributed by atoms with Gasteiger partial charge in [0.05, 0.1) is 40.0 Å². The summed E-state index contributed by atoms with van der Waals surface area (Å²) in [6.45, 7) is 8.04. The molecule has 1 unspecified atom stereocenters. The second-order valence-corrected chi connectivity index (χ2v) is 12.1. The Morgan fingerprint density at radius 3 is 2.35 bits per heavy atom. The number of benzene rings is 1. The minimum absolute atomic E-state index is 0.0837. The van der Waals surface area contributed by atoms with E-state index in [0.29, 0.717) is 45.6 Å². The number of hydrogen-bond acceptors (Lipinski definition) is 6. The molecule has 9 heteroatoms. The lowest BCUT2D eigenvalue weighted by Crippen LogP contribution is -2.56. The SMILES string of the molecule is Cc1nn(C2CCS(=O)(=O)C2)c(C)c1N1CCN(C(=O)C2(c3ccccc3)CCOCC2)CC1. The normalized spacial score (nSPS) is 24.4. The third-order valence-electron chi connectivity index (χ3n) is 7.81. The quantitative estimate of drug-likeness (QED) is 0.659. The minimum atomic E-state index is -2.97. The zero-order valence-electron chi connectivity index (χ0n) is 20.1. The molecule has 0 spiro atoms. The van der Waals surface area contributed by atoms with Gasteiger partial charge in [0.25, 0.3) is 0 Å². The summed E-state index contributed by atoms with van der Waals surface area (Å²) in [5.74, 6) is 0.615. The van der Waals surface area contributed by atoms with Gasteiger partial charge in [0, 0.05) is 39.4 Å². The van der Waals surface area contributed by atoms with E-state index in [0.717, 1.165) is 35.7 Å². The van der Waals surface area contributed by atoms with Gasteiger partial charge >= 0.3 is 0 Å². The Morgan fingerprint density at radius 2 is 1.74 bits per heavy atom. The molecule has 5 rings (SSSR count). The maximum absolute atomic E-state index is 13.9. The monoisotopic (exact) mass is 486 g/mol. The van der Waals surface area contributed by atoms with Crippen LogP contribution in [0.4, 0.5) is 5.69 Å². The largest absolute Gasteiger partial charge is 0.381 e. The highest BCUT2D eigenvalue weighted by Gasteiger charge is 2.44. The fraction of sp³-hybridized carbons (Fsp3) is 0.600.